The lowest BCUT2D eigenvalue weighted by Gasteiger charge is -2.35. The second-order valence-corrected chi connectivity index (χ2v) is 8.85. The summed E-state index contributed by atoms with van der Waals surface area (Å²) in [6.07, 6.45) is 1.07. The van der Waals surface area contributed by atoms with Gasteiger partial charge in [0.1, 0.15) is 5.69 Å². The molecule has 6 heteroatoms. The van der Waals surface area contributed by atoms with E-state index in [-0.39, 0.29) is 0 Å². The van der Waals surface area contributed by atoms with Gasteiger partial charge in [-0.25, -0.2) is 4.99 Å². The summed E-state index contributed by atoms with van der Waals surface area (Å²) in [5, 5.41) is 16.7. The maximum atomic E-state index is 9.05. The fraction of sp³-hybridized carbons (Fsp3) is 0.269. The SMILES string of the molecule is CC[N+]1(C)CCCN2C(c3ccccc3)=c3cc(N[N+]#N)ccc3=c3ccc(cc32)=NC1. The largest absolute Gasteiger partial charge is 0.340 e. The Bertz CT molecular complexity index is 1420. The van der Waals surface area contributed by atoms with Crippen molar-refractivity contribution in [3.63, 3.8) is 0 Å². The van der Waals surface area contributed by atoms with E-state index >= 15 is 0 Å². The van der Waals surface area contributed by atoms with Crippen LogP contribution in [0.1, 0.15) is 18.9 Å². The van der Waals surface area contributed by atoms with E-state index in [1.54, 1.807) is 0 Å². The van der Waals surface area contributed by atoms with Crippen molar-refractivity contribution in [2.75, 3.05) is 43.7 Å². The summed E-state index contributed by atoms with van der Waals surface area (Å²) in [6.45, 7) is 6.12. The highest BCUT2D eigenvalue weighted by atomic mass is 15.4. The van der Waals surface area contributed by atoms with E-state index in [0.717, 1.165) is 53.5 Å². The zero-order valence-electron chi connectivity index (χ0n) is 18.6. The molecule has 5 rings (SSSR count). The predicted octanol–water partition coefficient (Wildman–Crippen LogP) is 3.58. The van der Waals surface area contributed by atoms with Crippen LogP contribution in [0.5, 0.6) is 0 Å². The third kappa shape index (κ3) is 3.51. The molecule has 0 saturated heterocycles. The zero-order valence-corrected chi connectivity index (χ0v) is 18.6. The Morgan fingerprint density at radius 3 is 2.62 bits per heavy atom. The van der Waals surface area contributed by atoms with Gasteiger partial charge in [0.15, 0.2) is 6.67 Å². The second kappa shape index (κ2) is 8.10. The van der Waals surface area contributed by atoms with E-state index in [9.17, 15) is 0 Å². The lowest BCUT2D eigenvalue weighted by atomic mass is 9.99. The van der Waals surface area contributed by atoms with Crippen LogP contribution in [-0.2, 0) is 0 Å². The van der Waals surface area contributed by atoms with Crippen molar-refractivity contribution in [2.45, 2.75) is 13.3 Å². The first kappa shape index (κ1) is 20.2. The summed E-state index contributed by atoms with van der Waals surface area (Å²) in [5.41, 5.74) is 7.00. The van der Waals surface area contributed by atoms with Gasteiger partial charge in [0.2, 0.25) is 0 Å². The van der Waals surface area contributed by atoms with Crippen LogP contribution in [0.25, 0.3) is 10.8 Å². The normalized spacial score (nSPS) is 19.4. The third-order valence-electron chi connectivity index (χ3n) is 6.77. The van der Waals surface area contributed by atoms with E-state index < -0.39 is 0 Å². The van der Waals surface area contributed by atoms with Crippen LogP contribution in [0.4, 0.5) is 11.4 Å². The molecular formula is C26H28N6+2. The monoisotopic (exact) mass is 424 g/mol. The molecule has 6 nitrogen and oxygen atoms in total. The van der Waals surface area contributed by atoms with Gasteiger partial charge < -0.3 is 9.38 Å². The van der Waals surface area contributed by atoms with Gasteiger partial charge in [0, 0.05) is 23.4 Å². The summed E-state index contributed by atoms with van der Waals surface area (Å²) in [7, 11) is 2.30. The standard InChI is InChI=1S/C26H28N6/c1-3-32(2)15-7-14-31-25-17-20(28-18-32)10-13-23(25)22-12-11-21(29-30-27)16-24(22)26(31)19-8-5-4-6-9-19/h4-6,8-13,16-17,29H,3,7,14-15,18H2,1-2H3/q+2. The highest BCUT2D eigenvalue weighted by Crippen LogP contribution is 2.29. The molecule has 3 aromatic carbocycles. The number of benzene rings is 3. The topological polar surface area (TPSA) is 55.8 Å². The lowest BCUT2D eigenvalue weighted by Crippen LogP contribution is -2.47. The number of anilines is 2. The number of hydrogen-bond acceptors (Lipinski definition) is 4. The summed E-state index contributed by atoms with van der Waals surface area (Å²) in [5.74, 6) is 0. The number of hydrogen-bond donors (Lipinski definition) is 1. The molecule has 1 atom stereocenters. The Morgan fingerprint density at radius 2 is 1.84 bits per heavy atom. The average Bonchev–Trinajstić information content (AvgIpc) is 2.83. The minimum Gasteiger partial charge on any atom is -0.340 e. The van der Waals surface area contributed by atoms with E-state index in [2.05, 4.69) is 84.0 Å². The first-order valence-electron chi connectivity index (χ1n) is 11.2. The van der Waals surface area contributed by atoms with Crippen LogP contribution in [0, 0.1) is 15.8 Å². The van der Waals surface area contributed by atoms with Gasteiger partial charge in [-0.3, -0.25) is 0 Å². The van der Waals surface area contributed by atoms with Crippen molar-refractivity contribution in [3.8, 4) is 0 Å². The van der Waals surface area contributed by atoms with Crippen LogP contribution in [0.2, 0.25) is 0 Å². The van der Waals surface area contributed by atoms with Crippen LogP contribution in [-0.4, -0.2) is 37.8 Å². The highest BCUT2D eigenvalue weighted by Gasteiger charge is 2.24. The average molecular weight is 425 g/mol. The van der Waals surface area contributed by atoms with Crippen molar-refractivity contribution in [1.82, 2.24) is 0 Å². The molecule has 2 heterocycles. The van der Waals surface area contributed by atoms with Gasteiger partial charge in [0.05, 0.1) is 36.9 Å². The fourth-order valence-electron chi connectivity index (χ4n) is 4.77. The van der Waals surface area contributed by atoms with E-state index in [4.69, 9.17) is 10.4 Å². The Kier molecular flexibility index (Phi) is 5.12. The van der Waals surface area contributed by atoms with E-state index in [0.29, 0.717) is 0 Å². The van der Waals surface area contributed by atoms with Crippen molar-refractivity contribution >= 4 is 17.1 Å². The first-order chi connectivity index (χ1) is 15.6. The smallest absolute Gasteiger partial charge is 0.308 e. The molecule has 2 aliphatic heterocycles. The fourth-order valence-corrected chi connectivity index (χ4v) is 4.77. The van der Waals surface area contributed by atoms with Crippen molar-refractivity contribution in [3.05, 3.63) is 98.4 Å². The Labute approximate surface area is 187 Å². The molecule has 0 fully saturated rings. The second-order valence-electron chi connectivity index (χ2n) is 8.85. The van der Waals surface area contributed by atoms with Crippen LogP contribution in [0.3, 0.4) is 0 Å². The molecule has 0 saturated carbocycles. The maximum absolute atomic E-state index is 9.05. The summed E-state index contributed by atoms with van der Waals surface area (Å²) >= 11 is 0. The van der Waals surface area contributed by atoms with Gasteiger partial charge in [-0.2, -0.15) is 0 Å². The number of fused-ring (bicyclic) bond motifs is 2. The van der Waals surface area contributed by atoms with E-state index in [1.807, 2.05) is 12.1 Å². The van der Waals surface area contributed by atoms with Crippen LogP contribution < -0.4 is 20.9 Å². The number of nitrogens with one attached hydrogen (secondary N) is 1. The highest BCUT2D eigenvalue weighted by molar-refractivity contribution is 5.81. The number of rotatable bonds is 3. The van der Waals surface area contributed by atoms with Crippen LogP contribution >= 0.6 is 0 Å². The maximum Gasteiger partial charge on any atom is 0.308 e. The first-order valence-corrected chi connectivity index (χ1v) is 11.2. The quantitative estimate of drug-likeness (QED) is 0.397. The molecule has 0 spiro atoms. The third-order valence-corrected chi connectivity index (χ3v) is 6.77. The minimum absolute atomic E-state index is 0.756. The van der Waals surface area contributed by atoms with E-state index in [1.165, 1.54) is 27.4 Å². The molecule has 0 amide bonds. The van der Waals surface area contributed by atoms with Gasteiger partial charge in [0.25, 0.3) is 5.39 Å². The molecule has 1 unspecified atom stereocenters. The predicted molar refractivity (Wildman–Crippen MR) is 127 cm³/mol. The Hall–Kier alpha value is -3.69. The molecule has 3 aromatic rings. The summed E-state index contributed by atoms with van der Waals surface area (Å²) in [4.78, 5) is 7.43. The van der Waals surface area contributed by atoms with Crippen molar-refractivity contribution < 1.29 is 4.48 Å². The molecule has 160 valence electrons. The van der Waals surface area contributed by atoms with Crippen molar-refractivity contribution in [2.24, 2.45) is 4.99 Å². The number of diazo groups is 1. The van der Waals surface area contributed by atoms with Gasteiger partial charge >= 0.3 is 5.08 Å². The molecule has 0 radical (unpaired) electrons. The van der Waals surface area contributed by atoms with Gasteiger partial charge in [-0.1, -0.05) is 42.5 Å². The molecule has 0 aromatic heterocycles. The molecular weight excluding hydrogens is 396 g/mol. The molecule has 1 N–H and O–H groups in total. The Balaban J connectivity index is 1.86. The molecule has 0 aliphatic carbocycles. The zero-order chi connectivity index (χ0) is 22.1. The minimum atomic E-state index is 0.756. The number of quaternary nitrogens is 1. The van der Waals surface area contributed by atoms with Crippen LogP contribution in [0.15, 0.2) is 71.7 Å². The molecule has 2 aliphatic rings. The van der Waals surface area contributed by atoms with Gasteiger partial charge in [-0.15, -0.1) is 0 Å². The molecule has 32 heavy (non-hydrogen) atoms. The lowest BCUT2D eigenvalue weighted by molar-refractivity contribution is -0.907. The summed E-state index contributed by atoms with van der Waals surface area (Å²) in [6, 6.07) is 23.2. The molecule has 2 bridgehead atoms. The summed E-state index contributed by atoms with van der Waals surface area (Å²) < 4.78 is 0.939. The van der Waals surface area contributed by atoms with Crippen molar-refractivity contribution in [1.29, 1.82) is 5.39 Å². The number of nitrogens with zero attached hydrogens (tertiary/aromatic N) is 5. The van der Waals surface area contributed by atoms with Gasteiger partial charge in [-0.05, 0) is 47.4 Å². The Morgan fingerprint density at radius 1 is 1.03 bits per heavy atom.